The van der Waals surface area contributed by atoms with Crippen LogP contribution < -0.4 is 10.6 Å². The lowest BCUT2D eigenvalue weighted by molar-refractivity contribution is -0.0548. The molecule has 1 aliphatic rings. The molecule has 0 bridgehead atoms. The van der Waals surface area contributed by atoms with Crippen molar-refractivity contribution in [1.82, 2.24) is 15.3 Å². The van der Waals surface area contributed by atoms with Gasteiger partial charge in [-0.05, 0) is 24.4 Å². The molecule has 3 N–H and O–H groups in total. The number of carboxylic acid groups (broad SMARTS) is 1. The third kappa shape index (κ3) is 3.51. The average molecular weight is 332 g/mol. The summed E-state index contributed by atoms with van der Waals surface area (Å²) in [7, 11) is 0. The fraction of sp³-hybridized carbons (Fsp3) is 0.500. The Balaban J connectivity index is 2.32. The van der Waals surface area contributed by atoms with E-state index in [1.165, 1.54) is 0 Å². The smallest absolute Gasteiger partial charge is 0.404 e. The van der Waals surface area contributed by atoms with E-state index in [0.29, 0.717) is 0 Å². The van der Waals surface area contributed by atoms with Crippen molar-refractivity contribution in [3.8, 4) is 6.07 Å². The fourth-order valence-corrected chi connectivity index (χ4v) is 2.53. The average Bonchev–Trinajstić information content (AvgIpc) is 2.42. The Bertz CT molecular complexity index is 622. The van der Waals surface area contributed by atoms with E-state index in [1.54, 1.807) is 6.07 Å². The van der Waals surface area contributed by atoms with Crippen molar-refractivity contribution in [2.45, 2.75) is 37.3 Å². The molecular weight excluding hydrogens is 320 g/mol. The molecule has 0 aromatic carbocycles. The highest BCUT2D eigenvalue weighted by Gasteiger charge is 2.48. The number of hydrogen-bond acceptors (Lipinski definition) is 5. The molecule has 1 aliphatic carbocycles. The third-order valence-corrected chi connectivity index (χ3v) is 3.55. The summed E-state index contributed by atoms with van der Waals surface area (Å²) in [6, 6.07) is -0.777. The van der Waals surface area contributed by atoms with E-state index in [0.717, 1.165) is 6.20 Å². The summed E-state index contributed by atoms with van der Waals surface area (Å²) in [5.74, 6) is -3.30. The number of hydrogen-bond donors (Lipinski definition) is 3. The number of anilines is 1. The van der Waals surface area contributed by atoms with Gasteiger partial charge in [0.15, 0.2) is 0 Å². The highest BCUT2D eigenvalue weighted by molar-refractivity contribution is 6.28. The maximum absolute atomic E-state index is 14.1. The first kappa shape index (κ1) is 16.2. The van der Waals surface area contributed by atoms with Crippen LogP contribution in [0.3, 0.4) is 0 Å². The molecule has 1 saturated carbocycles. The van der Waals surface area contributed by atoms with E-state index in [-0.39, 0.29) is 35.9 Å². The number of nitriles is 1. The van der Waals surface area contributed by atoms with Crippen molar-refractivity contribution in [1.29, 1.82) is 5.26 Å². The standard InChI is InChI=1S/C12H12ClF2N5O2/c13-10-17-5-6(4-16)9(20-10)19-8-7(18-11(21)22)2-1-3-12(8,14)15/h5,7-8,18H,1-3H2,(H,21,22)(H,17,19,20)/t7-,8-/m0/s1. The first-order chi connectivity index (χ1) is 10.3. The van der Waals surface area contributed by atoms with Crippen LogP contribution in [0.15, 0.2) is 6.20 Å². The van der Waals surface area contributed by atoms with Gasteiger partial charge in [0.05, 0.1) is 12.2 Å². The maximum atomic E-state index is 14.1. The van der Waals surface area contributed by atoms with Crippen molar-refractivity contribution in [2.75, 3.05) is 5.32 Å². The predicted octanol–water partition coefficient (Wildman–Crippen LogP) is 2.24. The largest absolute Gasteiger partial charge is 0.465 e. The second kappa shape index (κ2) is 6.27. The van der Waals surface area contributed by atoms with Gasteiger partial charge in [-0.15, -0.1) is 0 Å². The van der Waals surface area contributed by atoms with E-state index in [4.69, 9.17) is 22.0 Å². The minimum Gasteiger partial charge on any atom is -0.465 e. The first-order valence-corrected chi connectivity index (χ1v) is 6.78. The van der Waals surface area contributed by atoms with E-state index < -0.39 is 24.1 Å². The molecule has 7 nitrogen and oxygen atoms in total. The van der Waals surface area contributed by atoms with Crippen LogP contribution in [-0.4, -0.2) is 39.2 Å². The highest BCUT2D eigenvalue weighted by Crippen LogP contribution is 2.36. The van der Waals surface area contributed by atoms with Crippen LogP contribution >= 0.6 is 11.6 Å². The zero-order chi connectivity index (χ0) is 16.3. The molecule has 1 aromatic heterocycles. The summed E-state index contributed by atoms with van der Waals surface area (Å²) in [6.45, 7) is 0. The van der Waals surface area contributed by atoms with Gasteiger partial charge >= 0.3 is 6.09 Å². The van der Waals surface area contributed by atoms with Crippen molar-refractivity contribution < 1.29 is 18.7 Å². The monoisotopic (exact) mass is 331 g/mol. The van der Waals surface area contributed by atoms with Crippen LogP contribution in [0.25, 0.3) is 0 Å². The lowest BCUT2D eigenvalue weighted by Gasteiger charge is -2.38. The Morgan fingerprint density at radius 3 is 2.95 bits per heavy atom. The Morgan fingerprint density at radius 2 is 2.32 bits per heavy atom. The molecule has 1 fully saturated rings. The summed E-state index contributed by atoms with van der Waals surface area (Å²) in [5.41, 5.74) is -0.0557. The number of amides is 1. The van der Waals surface area contributed by atoms with Gasteiger partial charge in [-0.1, -0.05) is 0 Å². The molecule has 1 amide bonds. The first-order valence-electron chi connectivity index (χ1n) is 6.40. The van der Waals surface area contributed by atoms with Crippen LogP contribution in [0, 0.1) is 11.3 Å². The molecule has 0 saturated heterocycles. The highest BCUT2D eigenvalue weighted by atomic mass is 35.5. The van der Waals surface area contributed by atoms with E-state index >= 15 is 0 Å². The van der Waals surface area contributed by atoms with Crippen LogP contribution in [0.5, 0.6) is 0 Å². The number of halogens is 3. The van der Waals surface area contributed by atoms with Crippen LogP contribution in [-0.2, 0) is 0 Å². The van der Waals surface area contributed by atoms with Crippen molar-refractivity contribution >= 4 is 23.5 Å². The number of nitrogens with zero attached hydrogens (tertiary/aromatic N) is 3. The minimum absolute atomic E-state index is 0.0557. The Hall–Kier alpha value is -2.21. The van der Waals surface area contributed by atoms with Gasteiger partial charge in [-0.25, -0.2) is 18.6 Å². The van der Waals surface area contributed by atoms with Gasteiger partial charge in [0, 0.05) is 6.42 Å². The second-order valence-electron chi connectivity index (χ2n) is 4.84. The number of rotatable bonds is 3. The van der Waals surface area contributed by atoms with E-state index in [1.807, 2.05) is 0 Å². The zero-order valence-corrected chi connectivity index (χ0v) is 11.9. The SMILES string of the molecule is N#Cc1cnc(Cl)nc1N[C@H]1[C@@H](NC(=O)O)CCCC1(F)F. The fourth-order valence-electron chi connectivity index (χ4n) is 2.39. The predicted molar refractivity (Wildman–Crippen MR) is 72.9 cm³/mol. The summed E-state index contributed by atoms with van der Waals surface area (Å²) in [5, 5.41) is 22.1. The van der Waals surface area contributed by atoms with Crippen molar-refractivity contribution in [3.05, 3.63) is 17.0 Å². The molecule has 2 atom stereocenters. The van der Waals surface area contributed by atoms with Gasteiger partial charge in [-0.3, -0.25) is 0 Å². The Kier molecular flexibility index (Phi) is 4.61. The minimum atomic E-state index is -3.16. The topological polar surface area (TPSA) is 111 Å². The molecule has 0 unspecified atom stereocenters. The lowest BCUT2D eigenvalue weighted by atomic mass is 9.87. The molecule has 1 heterocycles. The molecule has 22 heavy (non-hydrogen) atoms. The summed E-state index contributed by atoms with van der Waals surface area (Å²) >= 11 is 5.61. The third-order valence-electron chi connectivity index (χ3n) is 3.36. The summed E-state index contributed by atoms with van der Waals surface area (Å²) in [6.07, 6.45) is -0.233. The van der Waals surface area contributed by atoms with Gasteiger partial charge in [0.2, 0.25) is 5.28 Å². The molecule has 0 radical (unpaired) electrons. The van der Waals surface area contributed by atoms with Gasteiger partial charge < -0.3 is 15.7 Å². The Labute approximate surface area is 129 Å². The number of nitrogens with one attached hydrogen (secondary N) is 2. The number of alkyl halides is 2. The zero-order valence-electron chi connectivity index (χ0n) is 11.2. The maximum Gasteiger partial charge on any atom is 0.404 e. The van der Waals surface area contributed by atoms with Crippen LogP contribution in [0.1, 0.15) is 24.8 Å². The van der Waals surface area contributed by atoms with Gasteiger partial charge in [0.1, 0.15) is 23.5 Å². The summed E-state index contributed by atoms with van der Waals surface area (Å²) in [4.78, 5) is 18.1. The molecular formula is C12H12ClF2N5O2. The molecule has 0 aliphatic heterocycles. The van der Waals surface area contributed by atoms with Crippen LogP contribution in [0.4, 0.5) is 19.4 Å². The summed E-state index contributed by atoms with van der Waals surface area (Å²) < 4.78 is 28.3. The molecule has 10 heteroatoms. The second-order valence-corrected chi connectivity index (χ2v) is 5.18. The van der Waals surface area contributed by atoms with E-state index in [2.05, 4.69) is 20.6 Å². The quantitative estimate of drug-likeness (QED) is 0.732. The molecule has 0 spiro atoms. The molecule has 2 rings (SSSR count). The number of carbonyl (C=O) groups is 1. The van der Waals surface area contributed by atoms with Gasteiger partial charge in [0.25, 0.3) is 5.92 Å². The van der Waals surface area contributed by atoms with Crippen molar-refractivity contribution in [2.24, 2.45) is 0 Å². The normalized spacial score (nSPS) is 23.4. The Morgan fingerprint density at radius 1 is 1.59 bits per heavy atom. The van der Waals surface area contributed by atoms with Crippen LogP contribution in [0.2, 0.25) is 5.28 Å². The molecule has 1 aromatic rings. The van der Waals surface area contributed by atoms with Gasteiger partial charge in [-0.2, -0.15) is 10.2 Å². The van der Waals surface area contributed by atoms with Crippen molar-refractivity contribution in [3.63, 3.8) is 0 Å². The van der Waals surface area contributed by atoms with E-state index in [9.17, 15) is 13.6 Å². The lowest BCUT2D eigenvalue weighted by Crippen LogP contribution is -2.57. The number of aromatic nitrogens is 2. The molecule has 118 valence electrons.